The molecule has 2 aliphatic rings. The zero-order valence-electron chi connectivity index (χ0n) is 16.7. The van der Waals surface area contributed by atoms with Crippen molar-refractivity contribution >= 4 is 44.8 Å². The lowest BCUT2D eigenvalue weighted by atomic mass is 9.95. The third-order valence-corrected chi connectivity index (χ3v) is 7.55. The van der Waals surface area contributed by atoms with E-state index in [0.29, 0.717) is 31.3 Å². The third-order valence-electron chi connectivity index (χ3n) is 5.93. The highest BCUT2D eigenvalue weighted by atomic mass is 79.9. The number of rotatable bonds is 4. The van der Waals surface area contributed by atoms with Crippen LogP contribution in [0.2, 0.25) is 0 Å². The van der Waals surface area contributed by atoms with Crippen LogP contribution < -0.4 is 4.90 Å². The van der Waals surface area contributed by atoms with Gasteiger partial charge in [0.25, 0.3) is 0 Å². The first-order valence-electron chi connectivity index (χ1n) is 10.3. The van der Waals surface area contributed by atoms with Crippen LogP contribution in [-0.2, 0) is 9.59 Å². The number of halogens is 1. The van der Waals surface area contributed by atoms with E-state index in [9.17, 15) is 9.59 Å². The zero-order valence-corrected chi connectivity index (χ0v) is 19.1. The number of amides is 2. The summed E-state index contributed by atoms with van der Waals surface area (Å²) in [6, 6.07) is 13.5. The van der Waals surface area contributed by atoms with Gasteiger partial charge in [-0.25, -0.2) is 0 Å². The number of carbonyl (C=O) groups excluding carboxylic acids is 2. The molecule has 0 radical (unpaired) electrons. The minimum absolute atomic E-state index is 0.0121. The zero-order chi connectivity index (χ0) is 21.4. The molecule has 1 unspecified atom stereocenters. The molecular weight excluding hydrogens is 480 g/mol. The molecule has 1 atom stereocenters. The molecule has 7 nitrogen and oxygen atoms in total. The Balaban J connectivity index is 1.19. The topological polar surface area (TPSA) is 79.5 Å². The van der Waals surface area contributed by atoms with Crippen LogP contribution in [0.1, 0.15) is 31.1 Å². The van der Waals surface area contributed by atoms with Crippen molar-refractivity contribution in [3.05, 3.63) is 52.1 Å². The molecule has 0 bridgehead atoms. The number of anilines is 1. The fraction of sp³-hybridized carbons (Fsp3) is 0.364. The van der Waals surface area contributed by atoms with E-state index in [1.165, 1.54) is 0 Å². The van der Waals surface area contributed by atoms with Crippen LogP contribution in [0.3, 0.4) is 0 Å². The molecule has 160 valence electrons. The molecule has 0 aliphatic carbocycles. The maximum Gasteiger partial charge on any atom is 0.230 e. The number of thiophene rings is 1. The quantitative estimate of drug-likeness (QED) is 0.532. The van der Waals surface area contributed by atoms with Crippen LogP contribution in [0.15, 0.2) is 50.8 Å². The molecule has 4 heterocycles. The van der Waals surface area contributed by atoms with Crippen molar-refractivity contribution in [1.82, 2.24) is 15.0 Å². The molecular formula is C22H21BrN4O3S. The lowest BCUT2D eigenvalue weighted by Crippen LogP contribution is -2.42. The SMILES string of the molecule is O=C(C1CC(=O)N(c2ccccc2)C1)N1CCC(c2nc(-c3ccc(Br)s3)no2)CC1. The number of benzene rings is 1. The predicted molar refractivity (Wildman–Crippen MR) is 121 cm³/mol. The fourth-order valence-corrected chi connectivity index (χ4v) is 5.58. The second kappa shape index (κ2) is 8.55. The van der Waals surface area contributed by atoms with Crippen molar-refractivity contribution in [2.24, 2.45) is 5.92 Å². The van der Waals surface area contributed by atoms with Gasteiger partial charge in [0.2, 0.25) is 23.5 Å². The monoisotopic (exact) mass is 500 g/mol. The second-order valence-corrected chi connectivity index (χ2v) is 10.4. The summed E-state index contributed by atoms with van der Waals surface area (Å²) < 4.78 is 6.54. The van der Waals surface area contributed by atoms with Gasteiger partial charge in [0.05, 0.1) is 14.6 Å². The maximum atomic E-state index is 13.0. The van der Waals surface area contributed by atoms with Gasteiger partial charge in [-0.05, 0) is 53.0 Å². The van der Waals surface area contributed by atoms with Crippen LogP contribution in [0.25, 0.3) is 10.7 Å². The third kappa shape index (κ3) is 4.16. The normalized spacial score (nSPS) is 19.9. The standard InChI is InChI=1S/C22H21BrN4O3S/c23-18-7-6-17(31-18)20-24-21(30-25-20)14-8-10-26(11-9-14)22(29)15-12-19(28)27(13-15)16-4-2-1-3-5-16/h1-7,14-15H,8-13H2. The molecule has 0 spiro atoms. The average molecular weight is 501 g/mol. The minimum Gasteiger partial charge on any atom is -0.342 e. The van der Waals surface area contributed by atoms with Crippen LogP contribution in [0.4, 0.5) is 5.69 Å². The van der Waals surface area contributed by atoms with Gasteiger partial charge >= 0.3 is 0 Å². The summed E-state index contributed by atoms with van der Waals surface area (Å²) in [5.41, 5.74) is 0.853. The van der Waals surface area contributed by atoms with Crippen molar-refractivity contribution in [1.29, 1.82) is 0 Å². The molecule has 2 fully saturated rings. The first-order valence-corrected chi connectivity index (χ1v) is 11.9. The number of likely N-dealkylation sites (tertiary alicyclic amines) is 1. The molecule has 5 rings (SSSR count). The van der Waals surface area contributed by atoms with Crippen LogP contribution in [0, 0.1) is 5.92 Å². The van der Waals surface area contributed by atoms with Crippen molar-refractivity contribution in [2.45, 2.75) is 25.2 Å². The molecule has 0 N–H and O–H groups in total. The number of nitrogens with zero attached hydrogens (tertiary/aromatic N) is 4. The van der Waals surface area contributed by atoms with E-state index in [2.05, 4.69) is 26.1 Å². The van der Waals surface area contributed by atoms with Crippen molar-refractivity contribution in [3.8, 4) is 10.7 Å². The number of hydrogen-bond donors (Lipinski definition) is 0. The van der Waals surface area contributed by atoms with E-state index in [-0.39, 0.29) is 30.1 Å². The van der Waals surface area contributed by atoms with Crippen molar-refractivity contribution in [3.63, 3.8) is 0 Å². The number of carbonyl (C=O) groups is 2. The lowest BCUT2D eigenvalue weighted by Gasteiger charge is -2.32. The van der Waals surface area contributed by atoms with Gasteiger partial charge in [-0.2, -0.15) is 4.98 Å². The largest absolute Gasteiger partial charge is 0.342 e. The number of para-hydroxylation sites is 1. The molecule has 2 amide bonds. The van der Waals surface area contributed by atoms with Gasteiger partial charge < -0.3 is 14.3 Å². The van der Waals surface area contributed by atoms with Gasteiger partial charge in [0.15, 0.2) is 0 Å². The van der Waals surface area contributed by atoms with Gasteiger partial charge in [-0.1, -0.05) is 23.4 Å². The van der Waals surface area contributed by atoms with Gasteiger partial charge in [0.1, 0.15) is 0 Å². The summed E-state index contributed by atoms with van der Waals surface area (Å²) in [6.07, 6.45) is 1.84. The summed E-state index contributed by atoms with van der Waals surface area (Å²) in [5, 5.41) is 4.12. The molecule has 2 aliphatic heterocycles. The van der Waals surface area contributed by atoms with Crippen molar-refractivity contribution < 1.29 is 14.1 Å². The Kier molecular flexibility index (Phi) is 5.62. The van der Waals surface area contributed by atoms with E-state index in [1.54, 1.807) is 16.2 Å². The highest BCUT2D eigenvalue weighted by Gasteiger charge is 2.38. The Hall–Kier alpha value is -2.52. The Morgan fingerprint density at radius 3 is 2.61 bits per heavy atom. The minimum atomic E-state index is -0.281. The summed E-state index contributed by atoms with van der Waals surface area (Å²) >= 11 is 5.02. The van der Waals surface area contributed by atoms with E-state index < -0.39 is 0 Å². The molecule has 31 heavy (non-hydrogen) atoms. The smallest absolute Gasteiger partial charge is 0.230 e. The summed E-state index contributed by atoms with van der Waals surface area (Å²) in [5.74, 6) is 1.20. The second-order valence-electron chi connectivity index (χ2n) is 7.90. The first kappa shape index (κ1) is 20.4. The van der Waals surface area contributed by atoms with E-state index in [0.717, 1.165) is 27.2 Å². The Bertz CT molecular complexity index is 1090. The summed E-state index contributed by atoms with van der Waals surface area (Å²) in [6.45, 7) is 1.73. The predicted octanol–water partition coefficient (Wildman–Crippen LogP) is 4.32. The lowest BCUT2D eigenvalue weighted by molar-refractivity contribution is -0.136. The average Bonchev–Trinajstić information content (AvgIpc) is 3.54. The molecule has 0 saturated carbocycles. The molecule has 1 aromatic carbocycles. The van der Waals surface area contributed by atoms with E-state index >= 15 is 0 Å². The van der Waals surface area contributed by atoms with E-state index in [1.807, 2.05) is 47.4 Å². The molecule has 2 saturated heterocycles. The maximum absolute atomic E-state index is 13.0. The number of piperidine rings is 1. The summed E-state index contributed by atoms with van der Waals surface area (Å²) in [7, 11) is 0. The van der Waals surface area contributed by atoms with Crippen molar-refractivity contribution in [2.75, 3.05) is 24.5 Å². The van der Waals surface area contributed by atoms with Gasteiger partial charge in [-0.3, -0.25) is 9.59 Å². The Morgan fingerprint density at radius 1 is 1.13 bits per heavy atom. The van der Waals surface area contributed by atoms with Crippen LogP contribution in [0.5, 0.6) is 0 Å². The van der Waals surface area contributed by atoms with Gasteiger partial charge in [-0.15, -0.1) is 11.3 Å². The fourth-order valence-electron chi connectivity index (χ4n) is 4.27. The highest BCUT2D eigenvalue weighted by Crippen LogP contribution is 2.33. The first-order chi connectivity index (χ1) is 15.1. The molecule has 2 aromatic heterocycles. The van der Waals surface area contributed by atoms with Crippen LogP contribution >= 0.6 is 27.3 Å². The molecule has 3 aromatic rings. The Labute approximate surface area is 192 Å². The van der Waals surface area contributed by atoms with Gasteiger partial charge in [0, 0.05) is 37.7 Å². The number of hydrogen-bond acceptors (Lipinski definition) is 6. The summed E-state index contributed by atoms with van der Waals surface area (Å²) in [4.78, 5) is 34.6. The highest BCUT2D eigenvalue weighted by molar-refractivity contribution is 9.11. The molecule has 9 heteroatoms. The Morgan fingerprint density at radius 2 is 1.90 bits per heavy atom. The number of aromatic nitrogens is 2. The van der Waals surface area contributed by atoms with Crippen LogP contribution in [-0.4, -0.2) is 46.5 Å². The van der Waals surface area contributed by atoms with E-state index in [4.69, 9.17) is 4.52 Å².